The van der Waals surface area contributed by atoms with Gasteiger partial charge in [0, 0.05) is 0 Å². The van der Waals surface area contributed by atoms with Crippen LogP contribution in [0, 0.1) is 0 Å². The molecular formula is C14H16F2O4. The maximum atomic E-state index is 13.5. The molecule has 0 aliphatic heterocycles. The lowest BCUT2D eigenvalue weighted by Gasteiger charge is -2.42. The van der Waals surface area contributed by atoms with Gasteiger partial charge in [0.05, 0.1) is 13.2 Å². The van der Waals surface area contributed by atoms with Crippen molar-refractivity contribution in [2.24, 2.45) is 0 Å². The molecule has 1 aliphatic carbocycles. The van der Waals surface area contributed by atoms with Crippen LogP contribution in [-0.2, 0) is 11.3 Å². The van der Waals surface area contributed by atoms with Gasteiger partial charge in [-0.3, -0.25) is 0 Å². The quantitative estimate of drug-likeness (QED) is 0.718. The highest BCUT2D eigenvalue weighted by Gasteiger charge is 2.59. The van der Waals surface area contributed by atoms with E-state index in [0.29, 0.717) is 6.08 Å². The second-order valence-electron chi connectivity index (χ2n) is 4.77. The van der Waals surface area contributed by atoms with Crippen LogP contribution in [0.5, 0.6) is 0 Å². The van der Waals surface area contributed by atoms with Crippen molar-refractivity contribution >= 4 is 0 Å². The van der Waals surface area contributed by atoms with E-state index in [2.05, 4.69) is 0 Å². The van der Waals surface area contributed by atoms with Crippen LogP contribution in [0.25, 0.3) is 0 Å². The van der Waals surface area contributed by atoms with E-state index in [1.807, 2.05) is 6.07 Å². The van der Waals surface area contributed by atoms with Crippen molar-refractivity contribution in [1.82, 2.24) is 0 Å². The van der Waals surface area contributed by atoms with Gasteiger partial charge in [-0.1, -0.05) is 36.4 Å². The first-order valence-corrected chi connectivity index (χ1v) is 6.15. The fourth-order valence-electron chi connectivity index (χ4n) is 2.05. The Labute approximate surface area is 114 Å². The topological polar surface area (TPSA) is 69.9 Å². The van der Waals surface area contributed by atoms with Gasteiger partial charge in [0.25, 0.3) is 5.92 Å². The molecule has 1 aliphatic rings. The lowest BCUT2D eigenvalue weighted by atomic mass is 9.82. The van der Waals surface area contributed by atoms with E-state index >= 15 is 0 Å². The van der Waals surface area contributed by atoms with E-state index in [1.54, 1.807) is 24.3 Å². The molecule has 6 heteroatoms. The van der Waals surface area contributed by atoms with Crippen molar-refractivity contribution in [3.8, 4) is 0 Å². The average molecular weight is 286 g/mol. The lowest BCUT2D eigenvalue weighted by Crippen LogP contribution is -2.64. The normalized spacial score (nSPS) is 32.2. The third-order valence-electron chi connectivity index (χ3n) is 3.40. The number of aliphatic hydroxyl groups is 3. The van der Waals surface area contributed by atoms with Crippen LogP contribution in [0.1, 0.15) is 5.56 Å². The Morgan fingerprint density at radius 2 is 1.85 bits per heavy atom. The van der Waals surface area contributed by atoms with Gasteiger partial charge < -0.3 is 20.1 Å². The van der Waals surface area contributed by atoms with E-state index in [0.717, 1.165) is 11.6 Å². The summed E-state index contributed by atoms with van der Waals surface area (Å²) in [6.45, 7) is -1.17. The molecule has 0 heterocycles. The third-order valence-corrected chi connectivity index (χ3v) is 3.40. The van der Waals surface area contributed by atoms with Crippen LogP contribution in [0.4, 0.5) is 8.78 Å². The number of hydrogen-bond donors (Lipinski definition) is 3. The van der Waals surface area contributed by atoms with Gasteiger partial charge in [0.15, 0.2) is 5.60 Å². The largest absolute Gasteiger partial charge is 0.393 e. The molecule has 0 fully saturated rings. The van der Waals surface area contributed by atoms with E-state index < -0.39 is 30.3 Å². The number of alkyl halides is 2. The zero-order valence-corrected chi connectivity index (χ0v) is 10.6. The molecule has 0 aromatic heterocycles. The van der Waals surface area contributed by atoms with E-state index in [1.165, 1.54) is 0 Å². The van der Waals surface area contributed by atoms with Crippen molar-refractivity contribution in [3.05, 3.63) is 48.0 Å². The van der Waals surface area contributed by atoms with Gasteiger partial charge in [0.1, 0.15) is 12.2 Å². The maximum Gasteiger partial charge on any atom is 0.299 e. The molecule has 0 amide bonds. The number of rotatable bonds is 4. The predicted molar refractivity (Wildman–Crippen MR) is 67.1 cm³/mol. The van der Waals surface area contributed by atoms with Gasteiger partial charge in [0.2, 0.25) is 0 Å². The van der Waals surface area contributed by atoms with Crippen molar-refractivity contribution in [2.45, 2.75) is 30.3 Å². The summed E-state index contributed by atoms with van der Waals surface area (Å²) in [7, 11) is 0. The number of hydrogen-bond acceptors (Lipinski definition) is 4. The first-order valence-electron chi connectivity index (χ1n) is 6.15. The molecule has 0 bridgehead atoms. The van der Waals surface area contributed by atoms with Crippen molar-refractivity contribution in [1.29, 1.82) is 0 Å². The molecule has 0 saturated heterocycles. The highest BCUT2D eigenvalue weighted by atomic mass is 19.3. The number of benzene rings is 1. The Morgan fingerprint density at radius 1 is 1.20 bits per heavy atom. The van der Waals surface area contributed by atoms with Crippen LogP contribution in [-0.4, -0.2) is 45.7 Å². The standard InChI is InChI=1S/C14H16F2O4/c15-14(16)7-6-11(12(18)13(14,19)9-17)20-8-10-4-2-1-3-5-10/h1-7,11-12,17-19H,8-9H2/t11-,12+,13+/m1/s1. The molecule has 0 radical (unpaired) electrons. The molecule has 20 heavy (non-hydrogen) atoms. The Kier molecular flexibility index (Phi) is 4.19. The molecule has 4 nitrogen and oxygen atoms in total. The molecule has 1 aromatic rings. The summed E-state index contributed by atoms with van der Waals surface area (Å²) in [5, 5.41) is 28.6. The molecule has 110 valence electrons. The second-order valence-corrected chi connectivity index (χ2v) is 4.77. The summed E-state index contributed by atoms with van der Waals surface area (Å²) in [6.07, 6.45) is -1.59. The lowest BCUT2D eigenvalue weighted by molar-refractivity contribution is -0.245. The minimum Gasteiger partial charge on any atom is -0.393 e. The molecule has 3 N–H and O–H groups in total. The predicted octanol–water partition coefficient (Wildman–Crippen LogP) is 0.861. The Hall–Kier alpha value is -1.34. The Morgan fingerprint density at radius 3 is 2.45 bits per heavy atom. The molecule has 0 unspecified atom stereocenters. The molecular weight excluding hydrogens is 270 g/mol. The smallest absolute Gasteiger partial charge is 0.299 e. The van der Waals surface area contributed by atoms with Crippen LogP contribution in [0.2, 0.25) is 0 Å². The van der Waals surface area contributed by atoms with E-state index in [9.17, 15) is 19.0 Å². The minimum atomic E-state index is -3.71. The second kappa shape index (κ2) is 5.57. The van der Waals surface area contributed by atoms with Crippen molar-refractivity contribution in [3.63, 3.8) is 0 Å². The van der Waals surface area contributed by atoms with Gasteiger partial charge in [-0.25, -0.2) is 0 Å². The maximum absolute atomic E-state index is 13.5. The van der Waals surface area contributed by atoms with Crippen molar-refractivity contribution < 1.29 is 28.8 Å². The van der Waals surface area contributed by atoms with Crippen LogP contribution < -0.4 is 0 Å². The fraction of sp³-hybridized carbons (Fsp3) is 0.429. The average Bonchev–Trinajstić information content (AvgIpc) is 2.45. The molecule has 0 spiro atoms. The number of aliphatic hydroxyl groups excluding tert-OH is 2. The highest BCUT2D eigenvalue weighted by molar-refractivity contribution is 5.20. The zero-order valence-electron chi connectivity index (χ0n) is 10.6. The summed E-state index contributed by atoms with van der Waals surface area (Å²) in [5.41, 5.74) is -2.14. The first kappa shape index (κ1) is 15.1. The fourth-order valence-corrected chi connectivity index (χ4v) is 2.05. The highest BCUT2D eigenvalue weighted by Crippen LogP contribution is 2.38. The summed E-state index contributed by atoms with van der Waals surface area (Å²) in [6, 6.07) is 8.98. The van der Waals surface area contributed by atoms with E-state index in [-0.39, 0.29) is 6.61 Å². The van der Waals surface area contributed by atoms with Gasteiger partial charge in [-0.05, 0) is 11.6 Å². The van der Waals surface area contributed by atoms with Crippen molar-refractivity contribution in [2.75, 3.05) is 6.61 Å². The monoisotopic (exact) mass is 286 g/mol. The van der Waals surface area contributed by atoms with E-state index in [4.69, 9.17) is 9.84 Å². The summed E-state index contributed by atoms with van der Waals surface area (Å²) < 4.78 is 32.4. The molecule has 3 atom stereocenters. The zero-order chi connectivity index (χ0) is 14.8. The van der Waals surface area contributed by atoms with Crippen LogP contribution >= 0.6 is 0 Å². The minimum absolute atomic E-state index is 0.0972. The summed E-state index contributed by atoms with van der Waals surface area (Å²) >= 11 is 0. The van der Waals surface area contributed by atoms with Gasteiger partial charge in [-0.15, -0.1) is 0 Å². The summed E-state index contributed by atoms with van der Waals surface area (Å²) in [4.78, 5) is 0. The Bertz CT molecular complexity index is 477. The van der Waals surface area contributed by atoms with Crippen LogP contribution in [0.3, 0.4) is 0 Å². The number of ether oxygens (including phenoxy) is 1. The first-order chi connectivity index (χ1) is 9.40. The third kappa shape index (κ3) is 2.60. The summed E-state index contributed by atoms with van der Waals surface area (Å²) in [5.74, 6) is -3.71. The Balaban J connectivity index is 2.10. The molecule has 1 aromatic carbocycles. The van der Waals surface area contributed by atoms with Gasteiger partial charge in [-0.2, -0.15) is 8.78 Å². The van der Waals surface area contributed by atoms with Gasteiger partial charge >= 0.3 is 0 Å². The molecule has 2 rings (SSSR count). The SMILES string of the molecule is OC[C@]1(O)[C@@H](O)[C@H](OCc2ccccc2)C=CC1(F)F. The molecule has 0 saturated carbocycles. The number of halogens is 2. The van der Waals surface area contributed by atoms with Crippen LogP contribution in [0.15, 0.2) is 42.5 Å².